The van der Waals surface area contributed by atoms with Gasteiger partial charge in [-0.25, -0.2) is 4.85 Å². The minimum atomic E-state index is 0.424. The number of para-hydroxylation sites is 3. The van der Waals surface area contributed by atoms with Gasteiger partial charge in [0.25, 0.3) is 0 Å². The van der Waals surface area contributed by atoms with Crippen molar-refractivity contribution in [2.45, 2.75) is 0 Å². The molecule has 0 atom stereocenters. The van der Waals surface area contributed by atoms with Crippen LogP contribution in [-0.4, -0.2) is 9.13 Å². The van der Waals surface area contributed by atoms with E-state index in [2.05, 4.69) is 105 Å². The molecule has 0 radical (unpaired) electrons. The Balaban J connectivity index is 1.19. The lowest BCUT2D eigenvalue weighted by atomic mass is 10.0. The van der Waals surface area contributed by atoms with E-state index in [1.54, 1.807) is 6.07 Å². The summed E-state index contributed by atoms with van der Waals surface area (Å²) in [7, 11) is 0. The molecule has 0 amide bonds. The van der Waals surface area contributed by atoms with Crippen molar-refractivity contribution in [3.8, 4) is 34.6 Å². The number of nitriles is 2. The Morgan fingerprint density at radius 3 is 1.84 bits per heavy atom. The predicted molar refractivity (Wildman–Crippen MR) is 204 cm³/mol. The lowest BCUT2D eigenvalue weighted by Crippen LogP contribution is -1.97. The molecule has 0 aliphatic rings. The molecule has 10 rings (SSSR count). The molecule has 0 bridgehead atoms. The molecule has 0 aliphatic carbocycles. The van der Waals surface area contributed by atoms with Crippen molar-refractivity contribution in [1.82, 2.24) is 9.13 Å². The highest BCUT2D eigenvalue weighted by Gasteiger charge is 2.23. The number of hydrogen-bond donors (Lipinski definition) is 0. The average Bonchev–Trinajstić information content (AvgIpc) is 3.84. The largest absolute Gasteiger partial charge is 0.466 e. The molecule has 3 heterocycles. The summed E-state index contributed by atoms with van der Waals surface area (Å²) in [4.78, 5) is 3.67. The Hall–Kier alpha value is -7.59. The third kappa shape index (κ3) is 4.01. The Labute approximate surface area is 291 Å². The SMILES string of the molecule is [C-]#[N+]c1cccc2c1oc1c(C#N)c3c(cc12)c1ccccc1n3-c1cccc(-c2cccc(-n3c4ccccc4c4cc(C#N)ccc43)c2)c1. The standard InChI is InChI=1S/C45H23N5O/c1-48-39-16-8-15-34-37-24-36-33-14-3-5-18-41(33)50(43(36)38(26-47)44(37)51-45(34)39)31-12-7-10-29(23-31)28-9-6-11-30(22-28)49-40-17-4-2-13-32(40)35-21-27(25-46)19-20-42(35)49/h2-24H. The van der Waals surface area contributed by atoms with Gasteiger partial charge in [0.1, 0.15) is 17.2 Å². The zero-order valence-electron chi connectivity index (χ0n) is 26.9. The zero-order chi connectivity index (χ0) is 34.2. The van der Waals surface area contributed by atoms with E-state index in [0.29, 0.717) is 28.0 Å². The van der Waals surface area contributed by atoms with Crippen LogP contribution in [0.4, 0.5) is 5.69 Å². The normalized spacial score (nSPS) is 11.5. The molecule has 51 heavy (non-hydrogen) atoms. The van der Waals surface area contributed by atoms with Crippen molar-refractivity contribution >= 4 is 71.2 Å². The van der Waals surface area contributed by atoms with Crippen LogP contribution < -0.4 is 0 Å². The maximum Gasteiger partial charge on any atom is 0.229 e. The maximum absolute atomic E-state index is 10.7. The van der Waals surface area contributed by atoms with Gasteiger partial charge >= 0.3 is 0 Å². The third-order valence-corrected chi connectivity index (χ3v) is 9.98. The molecule has 6 nitrogen and oxygen atoms in total. The summed E-state index contributed by atoms with van der Waals surface area (Å²) in [5.41, 5.74) is 10.3. The number of hydrogen-bond acceptors (Lipinski definition) is 3. The summed E-state index contributed by atoms with van der Waals surface area (Å²) >= 11 is 0. The first kappa shape index (κ1) is 28.4. The Morgan fingerprint density at radius 1 is 0.510 bits per heavy atom. The highest BCUT2D eigenvalue weighted by molar-refractivity contribution is 6.21. The Kier molecular flexibility index (Phi) is 5.97. The van der Waals surface area contributed by atoms with E-state index < -0.39 is 0 Å². The number of nitrogens with zero attached hydrogens (tertiary/aromatic N) is 5. The Bertz CT molecular complexity index is 3240. The minimum absolute atomic E-state index is 0.424. The molecule has 7 aromatic carbocycles. The molecule has 0 saturated carbocycles. The molecule has 0 N–H and O–H groups in total. The van der Waals surface area contributed by atoms with Crippen molar-refractivity contribution in [3.05, 3.63) is 162 Å². The van der Waals surface area contributed by atoms with Crippen molar-refractivity contribution in [1.29, 1.82) is 10.5 Å². The van der Waals surface area contributed by atoms with Gasteiger partial charge in [-0.1, -0.05) is 78.9 Å². The molecule has 0 spiro atoms. The van der Waals surface area contributed by atoms with Crippen molar-refractivity contribution in [2.24, 2.45) is 0 Å². The molecule has 0 fully saturated rings. The van der Waals surface area contributed by atoms with E-state index in [4.69, 9.17) is 11.0 Å². The van der Waals surface area contributed by atoms with Gasteiger partial charge in [-0.05, 0) is 71.8 Å². The molecule has 0 unspecified atom stereocenters. The number of rotatable bonds is 3. The lowest BCUT2D eigenvalue weighted by Gasteiger charge is -2.13. The second kappa shape index (κ2) is 10.7. The van der Waals surface area contributed by atoms with Crippen LogP contribution in [0.3, 0.4) is 0 Å². The van der Waals surface area contributed by atoms with Gasteiger partial charge in [-0.3, -0.25) is 0 Å². The topological polar surface area (TPSA) is 74.9 Å². The monoisotopic (exact) mass is 649 g/mol. The van der Waals surface area contributed by atoms with Crippen LogP contribution in [0, 0.1) is 29.2 Å². The van der Waals surface area contributed by atoms with E-state index in [1.165, 1.54) is 0 Å². The fraction of sp³-hybridized carbons (Fsp3) is 0. The average molecular weight is 650 g/mol. The number of benzene rings is 7. The summed E-state index contributed by atoms with van der Waals surface area (Å²) in [6.07, 6.45) is 0. The van der Waals surface area contributed by atoms with Crippen LogP contribution in [0.5, 0.6) is 0 Å². The number of fused-ring (bicyclic) bond motifs is 9. The van der Waals surface area contributed by atoms with E-state index in [1.807, 2.05) is 54.6 Å². The summed E-state index contributed by atoms with van der Waals surface area (Å²) < 4.78 is 10.7. The first-order valence-electron chi connectivity index (χ1n) is 16.5. The Morgan fingerprint density at radius 2 is 1.14 bits per heavy atom. The van der Waals surface area contributed by atoms with E-state index >= 15 is 0 Å². The van der Waals surface area contributed by atoms with Gasteiger partial charge in [0, 0.05) is 43.7 Å². The van der Waals surface area contributed by atoms with E-state index in [0.717, 1.165) is 76.9 Å². The summed E-state index contributed by atoms with van der Waals surface area (Å²) in [6.45, 7) is 7.68. The minimum Gasteiger partial charge on any atom is -0.466 e. The van der Waals surface area contributed by atoms with Crippen LogP contribution in [0.1, 0.15) is 11.1 Å². The van der Waals surface area contributed by atoms with Gasteiger partial charge < -0.3 is 13.6 Å². The summed E-state index contributed by atoms with van der Waals surface area (Å²) in [6, 6.07) is 51.7. The van der Waals surface area contributed by atoms with Crippen LogP contribution in [0.15, 0.2) is 144 Å². The zero-order valence-corrected chi connectivity index (χ0v) is 26.9. The van der Waals surface area contributed by atoms with Crippen LogP contribution in [-0.2, 0) is 0 Å². The van der Waals surface area contributed by atoms with Gasteiger partial charge in [0.15, 0.2) is 5.58 Å². The van der Waals surface area contributed by atoms with Crippen molar-refractivity contribution in [3.63, 3.8) is 0 Å². The highest BCUT2D eigenvalue weighted by Crippen LogP contribution is 2.43. The molecular formula is C45H23N5O. The lowest BCUT2D eigenvalue weighted by molar-refractivity contribution is 0.670. The molecule has 6 heteroatoms. The summed E-state index contributed by atoms with van der Waals surface area (Å²) in [5, 5.41) is 26.1. The molecule has 3 aromatic heterocycles. The second-order valence-corrected chi connectivity index (χ2v) is 12.7. The van der Waals surface area contributed by atoms with Gasteiger partial charge in [0.05, 0.1) is 40.3 Å². The first-order chi connectivity index (χ1) is 25.2. The quantitative estimate of drug-likeness (QED) is 0.179. The second-order valence-electron chi connectivity index (χ2n) is 12.7. The third-order valence-electron chi connectivity index (χ3n) is 9.98. The van der Waals surface area contributed by atoms with Crippen LogP contribution >= 0.6 is 0 Å². The van der Waals surface area contributed by atoms with Gasteiger partial charge in [0.2, 0.25) is 5.69 Å². The predicted octanol–water partition coefficient (Wildman–Crippen LogP) is 11.7. The molecule has 0 saturated heterocycles. The van der Waals surface area contributed by atoms with Gasteiger partial charge in [-0.15, -0.1) is 0 Å². The van der Waals surface area contributed by atoms with Crippen molar-refractivity contribution in [2.75, 3.05) is 0 Å². The summed E-state index contributed by atoms with van der Waals surface area (Å²) in [5.74, 6) is 0. The first-order valence-corrected chi connectivity index (χ1v) is 16.5. The molecule has 0 aliphatic heterocycles. The molecule has 234 valence electrons. The van der Waals surface area contributed by atoms with E-state index in [9.17, 15) is 10.5 Å². The smallest absolute Gasteiger partial charge is 0.229 e. The number of aromatic nitrogens is 2. The van der Waals surface area contributed by atoms with Crippen LogP contribution in [0.25, 0.3) is 92.9 Å². The van der Waals surface area contributed by atoms with Crippen LogP contribution in [0.2, 0.25) is 0 Å². The van der Waals surface area contributed by atoms with Crippen molar-refractivity contribution < 1.29 is 4.42 Å². The van der Waals surface area contributed by atoms with Gasteiger partial charge in [-0.2, -0.15) is 10.5 Å². The highest BCUT2D eigenvalue weighted by atomic mass is 16.3. The maximum atomic E-state index is 10.7. The molecular weight excluding hydrogens is 627 g/mol. The fourth-order valence-corrected chi connectivity index (χ4v) is 7.79. The number of furan rings is 1. The fourth-order valence-electron chi connectivity index (χ4n) is 7.79. The van der Waals surface area contributed by atoms with E-state index in [-0.39, 0.29) is 0 Å². The molecule has 10 aromatic rings.